The topological polar surface area (TPSA) is 324 Å². The number of carbonyl (C=O) groups excluding carboxylic acids is 2. The summed E-state index contributed by atoms with van der Waals surface area (Å²) in [4.78, 5) is 80.0. The highest BCUT2D eigenvalue weighted by Gasteiger charge is 2.15. The molecule has 54 heavy (non-hydrogen) atoms. The van der Waals surface area contributed by atoms with Gasteiger partial charge in [-0.3, -0.25) is 37.4 Å². The Hall–Kier alpha value is -6.82. The minimum absolute atomic E-state index is 0.0156. The number of hydrogen-bond acceptors (Lipinski definition) is 14. The van der Waals surface area contributed by atoms with Gasteiger partial charge in [0.15, 0.2) is 11.3 Å². The fourth-order valence-corrected chi connectivity index (χ4v) is 6.31. The predicted molar refractivity (Wildman–Crippen MR) is 197 cm³/mol. The highest BCUT2D eigenvalue weighted by atomic mass is 32.2. The third kappa shape index (κ3) is 9.73. The summed E-state index contributed by atoms with van der Waals surface area (Å²) < 4.78 is 54.0. The SMILES string of the molecule is CC(=O)NS(=O)(=O)c1ccc(N)cc1.CC(=O)NS(=O)(=O)c1ccc(N)cc1.Cn1c(=O)c2[nH]cnc2n(C)c1=O.Cn1c(=O)c2[nH]cnc2n(C)c1=O. The third-order valence-electron chi connectivity index (χ3n) is 7.00. The van der Waals surface area contributed by atoms with Crippen LogP contribution in [0.1, 0.15) is 13.8 Å². The van der Waals surface area contributed by atoms with Crippen LogP contribution in [0.2, 0.25) is 0 Å². The Balaban J connectivity index is 0.000000194. The maximum Gasteiger partial charge on any atom is 0.332 e. The number of carbonyl (C=O) groups is 2. The van der Waals surface area contributed by atoms with Gasteiger partial charge in [0.2, 0.25) is 11.8 Å². The van der Waals surface area contributed by atoms with Gasteiger partial charge in [0.05, 0.1) is 22.4 Å². The molecule has 2 amide bonds. The van der Waals surface area contributed by atoms with Crippen molar-refractivity contribution in [2.24, 2.45) is 28.2 Å². The molecule has 24 heteroatoms. The summed E-state index contributed by atoms with van der Waals surface area (Å²) in [6.45, 7) is 2.27. The third-order valence-corrected chi connectivity index (χ3v) is 9.89. The Morgan fingerprint density at radius 3 is 1.15 bits per heavy atom. The summed E-state index contributed by atoms with van der Waals surface area (Å²) >= 11 is 0. The Morgan fingerprint density at radius 1 is 0.574 bits per heavy atom. The van der Waals surface area contributed by atoms with Crippen molar-refractivity contribution in [3.05, 3.63) is 103 Å². The summed E-state index contributed by atoms with van der Waals surface area (Å²) in [7, 11) is -1.44. The van der Waals surface area contributed by atoms with Crippen LogP contribution in [-0.4, -0.2) is 66.9 Å². The number of aromatic nitrogens is 8. The monoisotopic (exact) mass is 788 g/mol. The Kier molecular flexibility index (Phi) is 12.8. The molecular weight excluding hydrogens is 753 g/mol. The number of aryl methyl sites for hydroxylation is 2. The standard InChI is InChI=1S/2C8H10N2O3S.2C7H8N4O2/c2*1-6(11)10-14(12,13)8-4-2-7(9)3-5-8;2*1-10-5-4(8-3-9-5)6(12)11(2)7(10)13/h2*2-5H,9H2,1H3,(H,10,11);2*3H,1-2H3,(H,8,9). The lowest BCUT2D eigenvalue weighted by Crippen LogP contribution is -2.36. The molecule has 0 radical (unpaired) electrons. The normalized spacial score (nSPS) is 10.9. The van der Waals surface area contributed by atoms with Crippen molar-refractivity contribution >= 4 is 65.6 Å². The second kappa shape index (κ2) is 16.7. The number of aromatic amines is 2. The molecular formula is C30H36N12O10S2. The number of amides is 2. The largest absolute Gasteiger partial charge is 0.399 e. The summed E-state index contributed by atoms with van der Waals surface area (Å²) in [5, 5.41) is 0. The maximum absolute atomic E-state index is 11.4. The number of anilines is 2. The second-order valence-electron chi connectivity index (χ2n) is 11.1. The van der Waals surface area contributed by atoms with Gasteiger partial charge in [-0.2, -0.15) is 0 Å². The molecule has 2 aromatic carbocycles. The number of fused-ring (bicyclic) bond motifs is 2. The minimum atomic E-state index is -3.73. The molecule has 0 spiro atoms. The van der Waals surface area contributed by atoms with Crippen LogP contribution in [0, 0.1) is 0 Å². The van der Waals surface area contributed by atoms with Crippen molar-refractivity contribution in [1.82, 2.24) is 47.6 Å². The predicted octanol–water partition coefficient (Wildman–Crippen LogP) is -1.89. The number of rotatable bonds is 4. The van der Waals surface area contributed by atoms with E-state index in [1.165, 1.54) is 84.4 Å². The van der Waals surface area contributed by atoms with E-state index < -0.39 is 31.9 Å². The van der Waals surface area contributed by atoms with Gasteiger partial charge in [0.25, 0.3) is 31.2 Å². The van der Waals surface area contributed by atoms with Crippen molar-refractivity contribution in [2.45, 2.75) is 23.6 Å². The molecule has 22 nitrogen and oxygen atoms in total. The molecule has 0 saturated heterocycles. The highest BCUT2D eigenvalue weighted by Crippen LogP contribution is 2.12. The molecule has 0 fully saturated rings. The van der Waals surface area contributed by atoms with Gasteiger partial charge < -0.3 is 21.4 Å². The molecule has 0 aliphatic heterocycles. The molecule has 6 rings (SSSR count). The van der Waals surface area contributed by atoms with E-state index in [-0.39, 0.29) is 32.3 Å². The van der Waals surface area contributed by atoms with E-state index in [9.17, 15) is 45.6 Å². The first-order valence-corrected chi connectivity index (χ1v) is 18.0. The van der Waals surface area contributed by atoms with E-state index in [1.54, 1.807) is 14.1 Å². The molecule has 4 aromatic heterocycles. The van der Waals surface area contributed by atoms with Gasteiger partial charge in [-0.05, 0) is 48.5 Å². The van der Waals surface area contributed by atoms with E-state index in [2.05, 4.69) is 19.9 Å². The summed E-state index contributed by atoms with van der Waals surface area (Å²) in [5.41, 5.74) is 11.7. The summed E-state index contributed by atoms with van der Waals surface area (Å²) in [5.74, 6) is -1.25. The first-order chi connectivity index (χ1) is 25.1. The van der Waals surface area contributed by atoms with Crippen LogP contribution in [0.15, 0.2) is 90.2 Å². The molecule has 0 saturated carbocycles. The van der Waals surface area contributed by atoms with Crippen molar-refractivity contribution in [3.63, 3.8) is 0 Å². The number of nitrogen functional groups attached to an aromatic ring is 2. The first-order valence-electron chi connectivity index (χ1n) is 15.0. The summed E-state index contributed by atoms with van der Waals surface area (Å²) in [6, 6.07) is 11.1. The molecule has 0 atom stereocenters. The van der Waals surface area contributed by atoms with Crippen LogP contribution in [0.3, 0.4) is 0 Å². The van der Waals surface area contributed by atoms with Crippen LogP contribution in [-0.2, 0) is 57.8 Å². The lowest BCUT2D eigenvalue weighted by Gasteiger charge is -2.04. The molecule has 8 N–H and O–H groups in total. The average Bonchev–Trinajstić information content (AvgIpc) is 3.80. The quantitative estimate of drug-likeness (QED) is 0.106. The fraction of sp³-hybridized carbons (Fsp3) is 0.200. The number of benzene rings is 2. The molecule has 6 aromatic rings. The van der Waals surface area contributed by atoms with Crippen molar-refractivity contribution in [2.75, 3.05) is 11.5 Å². The first kappa shape index (κ1) is 41.6. The van der Waals surface area contributed by atoms with Gasteiger partial charge in [-0.1, -0.05) is 0 Å². The van der Waals surface area contributed by atoms with Crippen LogP contribution in [0.25, 0.3) is 22.3 Å². The fourth-order valence-electron chi connectivity index (χ4n) is 4.33. The molecule has 0 aliphatic rings. The number of hydrogen-bond donors (Lipinski definition) is 6. The number of H-pyrrole nitrogens is 2. The summed E-state index contributed by atoms with van der Waals surface area (Å²) in [6.07, 6.45) is 2.79. The van der Waals surface area contributed by atoms with Crippen molar-refractivity contribution in [1.29, 1.82) is 0 Å². The zero-order chi connectivity index (χ0) is 40.7. The van der Waals surface area contributed by atoms with Crippen LogP contribution in [0.4, 0.5) is 11.4 Å². The number of sulfonamides is 2. The minimum Gasteiger partial charge on any atom is -0.399 e. The van der Waals surface area contributed by atoms with E-state index >= 15 is 0 Å². The van der Waals surface area contributed by atoms with E-state index in [4.69, 9.17) is 11.5 Å². The maximum atomic E-state index is 11.4. The number of nitrogens with one attached hydrogen (secondary N) is 4. The Morgan fingerprint density at radius 2 is 0.870 bits per heavy atom. The Labute approximate surface area is 305 Å². The zero-order valence-corrected chi connectivity index (χ0v) is 31.1. The smallest absolute Gasteiger partial charge is 0.332 e. The van der Waals surface area contributed by atoms with Gasteiger partial charge in [0, 0.05) is 53.4 Å². The van der Waals surface area contributed by atoms with Crippen molar-refractivity contribution in [3.8, 4) is 0 Å². The zero-order valence-electron chi connectivity index (χ0n) is 29.5. The van der Waals surface area contributed by atoms with Gasteiger partial charge in [0.1, 0.15) is 11.0 Å². The number of nitrogens with zero attached hydrogens (tertiary/aromatic N) is 6. The average molecular weight is 789 g/mol. The number of nitrogens with two attached hydrogens (primary N) is 2. The van der Waals surface area contributed by atoms with Crippen LogP contribution < -0.4 is 43.4 Å². The second-order valence-corrected chi connectivity index (χ2v) is 14.4. The number of imidazole rings is 2. The lowest BCUT2D eigenvalue weighted by molar-refractivity contribution is -0.118. The molecule has 288 valence electrons. The highest BCUT2D eigenvalue weighted by molar-refractivity contribution is 7.90. The Bertz CT molecular complexity index is 2600. The molecule has 0 unspecified atom stereocenters. The van der Waals surface area contributed by atoms with Crippen molar-refractivity contribution < 1.29 is 26.4 Å². The van der Waals surface area contributed by atoms with E-state index in [0.29, 0.717) is 33.7 Å². The molecule has 4 heterocycles. The van der Waals surface area contributed by atoms with Crippen LogP contribution >= 0.6 is 0 Å². The molecule has 0 bridgehead atoms. The molecule has 0 aliphatic carbocycles. The lowest BCUT2D eigenvalue weighted by atomic mass is 10.3. The van der Waals surface area contributed by atoms with Gasteiger partial charge in [-0.25, -0.2) is 45.8 Å². The van der Waals surface area contributed by atoms with E-state index in [0.717, 1.165) is 23.0 Å². The van der Waals surface area contributed by atoms with Crippen LogP contribution in [0.5, 0.6) is 0 Å². The van der Waals surface area contributed by atoms with Gasteiger partial charge >= 0.3 is 11.4 Å². The van der Waals surface area contributed by atoms with Gasteiger partial charge in [-0.15, -0.1) is 0 Å². The van der Waals surface area contributed by atoms with E-state index in [1.807, 2.05) is 9.44 Å².